The van der Waals surface area contributed by atoms with Crippen LogP contribution in [0.1, 0.15) is 24.6 Å². The lowest BCUT2D eigenvalue weighted by molar-refractivity contribution is 0.356. The minimum atomic E-state index is 0.701. The summed E-state index contributed by atoms with van der Waals surface area (Å²) in [6, 6.07) is 14.2. The summed E-state index contributed by atoms with van der Waals surface area (Å²) >= 11 is 3.27. The average Bonchev–Trinajstić information content (AvgIpc) is 3.44. The summed E-state index contributed by atoms with van der Waals surface area (Å²) in [5, 5.41) is 12.9. The summed E-state index contributed by atoms with van der Waals surface area (Å²) in [6.07, 6.45) is 1.01. The fourth-order valence-corrected chi connectivity index (χ4v) is 5.31. The number of rotatable bonds is 9. The van der Waals surface area contributed by atoms with Crippen LogP contribution in [0.15, 0.2) is 53.0 Å². The summed E-state index contributed by atoms with van der Waals surface area (Å²) in [7, 11) is 3.29. The van der Waals surface area contributed by atoms with Crippen LogP contribution in [0, 0.1) is 6.92 Å². The predicted molar refractivity (Wildman–Crippen MR) is 131 cm³/mol. The van der Waals surface area contributed by atoms with Gasteiger partial charge in [-0.05, 0) is 31.5 Å². The third kappa shape index (κ3) is 4.66. The second-order valence-electron chi connectivity index (χ2n) is 7.30. The molecule has 0 N–H and O–H groups in total. The van der Waals surface area contributed by atoms with Gasteiger partial charge in [0.1, 0.15) is 5.01 Å². The summed E-state index contributed by atoms with van der Waals surface area (Å²) in [5.74, 6) is 3.04. The number of benzene rings is 2. The van der Waals surface area contributed by atoms with Crippen molar-refractivity contribution in [3.63, 3.8) is 0 Å². The molecule has 0 aliphatic rings. The first-order chi connectivity index (χ1) is 15.6. The van der Waals surface area contributed by atoms with E-state index in [2.05, 4.69) is 58.3 Å². The van der Waals surface area contributed by atoms with Crippen LogP contribution in [0.25, 0.3) is 22.0 Å². The fourth-order valence-electron chi connectivity index (χ4n) is 3.51. The average molecular weight is 467 g/mol. The van der Waals surface area contributed by atoms with E-state index in [1.54, 1.807) is 37.3 Å². The van der Waals surface area contributed by atoms with Gasteiger partial charge in [-0.1, -0.05) is 48.5 Å². The Bertz CT molecular complexity index is 1200. The molecule has 0 bridgehead atoms. The van der Waals surface area contributed by atoms with Crippen molar-refractivity contribution < 1.29 is 9.47 Å². The number of aromatic nitrogens is 4. The molecular formula is C24H26N4O2S2. The monoisotopic (exact) mass is 466 g/mol. The number of thioether (sulfide) groups is 1. The molecule has 2 aromatic heterocycles. The number of hydrogen-bond acceptors (Lipinski definition) is 7. The number of methoxy groups -OCH3 is 2. The van der Waals surface area contributed by atoms with E-state index in [0.717, 1.165) is 51.5 Å². The first-order valence-electron chi connectivity index (χ1n) is 10.4. The van der Waals surface area contributed by atoms with E-state index in [-0.39, 0.29) is 0 Å². The number of thiazole rings is 1. The van der Waals surface area contributed by atoms with Gasteiger partial charge in [-0.3, -0.25) is 0 Å². The van der Waals surface area contributed by atoms with Crippen LogP contribution in [0.3, 0.4) is 0 Å². The Morgan fingerprint density at radius 1 is 1.06 bits per heavy atom. The molecule has 6 nitrogen and oxygen atoms in total. The molecule has 0 radical (unpaired) electrons. The Labute approximate surface area is 196 Å². The van der Waals surface area contributed by atoms with E-state index < -0.39 is 0 Å². The highest BCUT2D eigenvalue weighted by Crippen LogP contribution is 2.39. The molecule has 2 heterocycles. The lowest BCUT2D eigenvalue weighted by Crippen LogP contribution is -2.02. The van der Waals surface area contributed by atoms with Crippen LogP contribution < -0.4 is 9.47 Å². The second-order valence-corrected chi connectivity index (χ2v) is 9.10. The molecule has 0 atom stereocenters. The highest BCUT2D eigenvalue weighted by molar-refractivity contribution is 7.98. The molecule has 0 saturated carbocycles. The third-order valence-electron chi connectivity index (χ3n) is 4.97. The van der Waals surface area contributed by atoms with Crippen LogP contribution in [0.5, 0.6) is 11.5 Å². The lowest BCUT2D eigenvalue weighted by atomic mass is 10.1. The van der Waals surface area contributed by atoms with E-state index in [4.69, 9.17) is 14.5 Å². The van der Waals surface area contributed by atoms with Crippen molar-refractivity contribution in [1.29, 1.82) is 0 Å². The van der Waals surface area contributed by atoms with Gasteiger partial charge < -0.3 is 14.0 Å². The van der Waals surface area contributed by atoms with Crippen molar-refractivity contribution in [1.82, 2.24) is 19.7 Å². The number of nitrogens with zero attached hydrogens (tertiary/aromatic N) is 4. The molecule has 0 fully saturated rings. The lowest BCUT2D eigenvalue weighted by Gasteiger charge is -2.10. The van der Waals surface area contributed by atoms with Gasteiger partial charge in [0.25, 0.3) is 0 Å². The van der Waals surface area contributed by atoms with Crippen LogP contribution in [-0.2, 0) is 12.3 Å². The van der Waals surface area contributed by atoms with Gasteiger partial charge in [-0.2, -0.15) is 0 Å². The molecule has 0 aliphatic heterocycles. The molecule has 0 amide bonds. The van der Waals surface area contributed by atoms with Gasteiger partial charge in [-0.15, -0.1) is 21.5 Å². The van der Waals surface area contributed by atoms with E-state index in [1.807, 2.05) is 18.2 Å². The molecule has 4 rings (SSSR count). The third-order valence-corrected chi connectivity index (χ3v) is 6.90. The zero-order valence-corrected chi connectivity index (χ0v) is 20.3. The largest absolute Gasteiger partial charge is 0.493 e. The molecule has 166 valence electrons. The van der Waals surface area contributed by atoms with Gasteiger partial charge in [0, 0.05) is 23.2 Å². The number of ether oxygens (including phenoxy) is 2. The number of hydrogen-bond donors (Lipinski definition) is 0. The Balaban J connectivity index is 1.55. The van der Waals surface area contributed by atoms with Gasteiger partial charge in [0.05, 0.1) is 25.5 Å². The maximum absolute atomic E-state index is 5.57. The van der Waals surface area contributed by atoms with Crippen molar-refractivity contribution in [2.45, 2.75) is 37.7 Å². The Kier molecular flexibility index (Phi) is 7.12. The van der Waals surface area contributed by atoms with E-state index in [1.165, 1.54) is 5.56 Å². The maximum Gasteiger partial charge on any atom is 0.191 e. The van der Waals surface area contributed by atoms with Crippen LogP contribution in [0.2, 0.25) is 0 Å². The molecule has 0 aliphatic carbocycles. The van der Waals surface area contributed by atoms with E-state index in [0.29, 0.717) is 11.5 Å². The van der Waals surface area contributed by atoms with Gasteiger partial charge in [0.15, 0.2) is 22.5 Å². The molecule has 0 spiro atoms. The first-order valence-corrected chi connectivity index (χ1v) is 12.3. The zero-order chi connectivity index (χ0) is 22.5. The summed E-state index contributed by atoms with van der Waals surface area (Å²) in [4.78, 5) is 4.84. The summed E-state index contributed by atoms with van der Waals surface area (Å²) in [6.45, 7) is 5.14. The minimum Gasteiger partial charge on any atom is -0.493 e. The van der Waals surface area contributed by atoms with Crippen LogP contribution in [0.4, 0.5) is 0 Å². The van der Waals surface area contributed by atoms with E-state index >= 15 is 0 Å². The molecule has 0 saturated heterocycles. The maximum atomic E-state index is 5.57. The fraction of sp³-hybridized carbons (Fsp3) is 0.292. The molecule has 4 aromatic rings. The summed E-state index contributed by atoms with van der Waals surface area (Å²) < 4.78 is 13.2. The van der Waals surface area contributed by atoms with Crippen LogP contribution in [-0.4, -0.2) is 34.0 Å². The Hall–Kier alpha value is -2.84. The van der Waals surface area contributed by atoms with Crippen molar-refractivity contribution in [3.8, 4) is 33.5 Å². The Morgan fingerprint density at radius 2 is 1.91 bits per heavy atom. The van der Waals surface area contributed by atoms with Gasteiger partial charge in [-0.25, -0.2) is 4.98 Å². The van der Waals surface area contributed by atoms with E-state index in [9.17, 15) is 0 Å². The topological polar surface area (TPSA) is 62.1 Å². The van der Waals surface area contributed by atoms with Crippen molar-refractivity contribution in [2.24, 2.45) is 0 Å². The number of aryl methyl sites for hydroxylation is 1. The van der Waals surface area contributed by atoms with Crippen molar-refractivity contribution >= 4 is 23.1 Å². The normalized spacial score (nSPS) is 11.0. The minimum absolute atomic E-state index is 0.701. The quantitative estimate of drug-likeness (QED) is 0.278. The van der Waals surface area contributed by atoms with Gasteiger partial charge >= 0.3 is 0 Å². The number of para-hydroxylation sites is 1. The highest BCUT2D eigenvalue weighted by Gasteiger charge is 2.17. The van der Waals surface area contributed by atoms with Crippen molar-refractivity contribution in [3.05, 3.63) is 59.1 Å². The molecule has 2 aromatic carbocycles. The first kappa shape index (κ1) is 22.4. The van der Waals surface area contributed by atoms with Crippen molar-refractivity contribution in [2.75, 3.05) is 14.2 Å². The predicted octanol–water partition coefficient (Wildman–Crippen LogP) is 6.10. The smallest absolute Gasteiger partial charge is 0.191 e. The molecule has 0 unspecified atom stereocenters. The second kappa shape index (κ2) is 10.2. The summed E-state index contributed by atoms with van der Waals surface area (Å²) in [5.41, 5.74) is 4.25. The molecular weight excluding hydrogens is 440 g/mol. The van der Waals surface area contributed by atoms with Gasteiger partial charge in [0.2, 0.25) is 0 Å². The van der Waals surface area contributed by atoms with Crippen LogP contribution >= 0.6 is 23.1 Å². The highest BCUT2D eigenvalue weighted by atomic mass is 32.2. The standard InChI is InChI=1S/C24H26N4O2S2/c1-5-12-28-22(17-9-6-8-16(2)13-17)26-27-24(28)32-15-18-14-31-23(25-18)19-10-7-11-20(29-3)21(19)30-4/h6-11,13-14H,5,12,15H2,1-4H3. The Morgan fingerprint density at radius 3 is 2.66 bits per heavy atom. The zero-order valence-electron chi connectivity index (χ0n) is 18.7. The molecule has 8 heteroatoms. The molecule has 32 heavy (non-hydrogen) atoms. The SMILES string of the molecule is CCCn1c(SCc2csc(-c3cccc(OC)c3OC)n2)nnc1-c1cccc(C)c1.